The molecule has 3 aliphatic rings. The van der Waals surface area contributed by atoms with E-state index in [0.717, 1.165) is 46.7 Å². The molecule has 3 aromatic rings. The number of allylic oxidation sites excluding steroid dienone is 3. The van der Waals surface area contributed by atoms with Gasteiger partial charge >= 0.3 is 5.97 Å². The molecular weight excluding hydrogens is 645 g/mol. The van der Waals surface area contributed by atoms with E-state index in [1.54, 1.807) is 11.8 Å². The van der Waals surface area contributed by atoms with Crippen LogP contribution in [-0.4, -0.2) is 35.2 Å². The molecule has 9 heteroatoms. The molecule has 3 aromatic carbocycles. The number of hydrogen-bond donors (Lipinski definition) is 4. The van der Waals surface area contributed by atoms with E-state index in [2.05, 4.69) is 74.3 Å². The Bertz CT molecular complexity index is 1860. The number of aliphatic carboxylic acids is 1. The van der Waals surface area contributed by atoms with Crippen molar-refractivity contribution in [3.63, 3.8) is 0 Å². The topological polar surface area (TPSA) is 131 Å². The number of nitrogens with two attached hydrogens (primary N) is 2. The zero-order valence-corrected chi connectivity index (χ0v) is 30.2. The van der Waals surface area contributed by atoms with Gasteiger partial charge in [0.05, 0.1) is 12.5 Å². The van der Waals surface area contributed by atoms with Gasteiger partial charge in [0.15, 0.2) is 0 Å². The van der Waals surface area contributed by atoms with Gasteiger partial charge in [0.2, 0.25) is 5.91 Å². The van der Waals surface area contributed by atoms with Gasteiger partial charge in [-0.1, -0.05) is 81.9 Å². The van der Waals surface area contributed by atoms with Crippen molar-refractivity contribution >= 4 is 41.1 Å². The van der Waals surface area contributed by atoms with Crippen LogP contribution in [0.1, 0.15) is 76.5 Å². The van der Waals surface area contributed by atoms with Gasteiger partial charge in [0.25, 0.3) is 0 Å². The smallest absolute Gasteiger partial charge is 0.305 e. The Labute approximate surface area is 299 Å². The fraction of sp³-hybridized carbons (Fsp3) is 0.366. The van der Waals surface area contributed by atoms with Crippen molar-refractivity contribution in [2.24, 2.45) is 17.4 Å². The van der Waals surface area contributed by atoms with E-state index in [1.165, 1.54) is 21.6 Å². The number of thioether (sulfide) groups is 1. The number of carboxylic acids is 1. The number of ether oxygens (including phenoxy) is 1. The molecule has 0 aromatic heterocycles. The number of anilines is 2. The molecule has 2 heterocycles. The van der Waals surface area contributed by atoms with Gasteiger partial charge in [-0.15, -0.1) is 0 Å². The Morgan fingerprint density at radius 3 is 2.58 bits per heavy atom. The third-order valence-electron chi connectivity index (χ3n) is 10.1. The normalized spacial score (nSPS) is 19.9. The van der Waals surface area contributed by atoms with Gasteiger partial charge in [-0.2, -0.15) is 0 Å². The lowest BCUT2D eigenvalue weighted by Crippen LogP contribution is -2.61. The largest absolute Gasteiger partial charge is 0.489 e. The average Bonchev–Trinajstić information content (AvgIpc) is 3.25. The second kappa shape index (κ2) is 14.5. The van der Waals surface area contributed by atoms with Crippen LogP contribution in [0.5, 0.6) is 5.75 Å². The summed E-state index contributed by atoms with van der Waals surface area (Å²) in [4.78, 5) is 28.5. The molecule has 2 aliphatic heterocycles. The number of fused-ring (bicyclic) bond motifs is 3. The molecule has 0 bridgehead atoms. The molecule has 0 fully saturated rings. The summed E-state index contributed by atoms with van der Waals surface area (Å²) >= 11 is 1.78. The lowest BCUT2D eigenvalue weighted by Gasteiger charge is -2.43. The number of para-hydroxylation sites is 1. The first-order valence-corrected chi connectivity index (χ1v) is 18.3. The minimum atomic E-state index is -0.899. The summed E-state index contributed by atoms with van der Waals surface area (Å²) in [6.07, 6.45) is 10.3. The van der Waals surface area contributed by atoms with Crippen LogP contribution in [-0.2, 0) is 21.6 Å². The Morgan fingerprint density at radius 1 is 1.08 bits per heavy atom. The van der Waals surface area contributed by atoms with Crippen molar-refractivity contribution in [2.45, 2.75) is 88.4 Å². The molecule has 262 valence electrons. The number of benzene rings is 3. The summed E-state index contributed by atoms with van der Waals surface area (Å²) in [6.45, 7) is 9.11. The maximum absolute atomic E-state index is 12.4. The minimum Gasteiger partial charge on any atom is -0.489 e. The highest BCUT2D eigenvalue weighted by Gasteiger charge is 2.53. The number of carbonyl (C=O) groups is 2. The van der Waals surface area contributed by atoms with Crippen LogP contribution < -0.4 is 26.4 Å². The van der Waals surface area contributed by atoms with E-state index in [1.807, 2.05) is 48.5 Å². The van der Waals surface area contributed by atoms with Gasteiger partial charge in [0, 0.05) is 33.1 Å². The van der Waals surface area contributed by atoms with Gasteiger partial charge in [-0.05, 0) is 102 Å². The standard InChI is InChI=1S/C41H48N4O4S/c1-26(2)22-34(42)39(48)44-31-15-12-27(13-16-31)25-49-32-17-14-29-23-30-9-7-8-28(38(30)50-36(29)24-32)18-20-41(43)40(3,4)33-10-5-6-11-35(33)45(41)21-19-37(46)47/h5-6,10-18,20,23-24,26,34H,7-9,19,21-22,25,42-43H2,1-4H3,(H,44,48)(H,46,47). The molecule has 2 unspecified atom stereocenters. The van der Waals surface area contributed by atoms with Crippen LogP contribution in [0.25, 0.3) is 6.08 Å². The van der Waals surface area contributed by atoms with E-state index in [0.29, 0.717) is 31.2 Å². The highest BCUT2D eigenvalue weighted by atomic mass is 32.2. The molecule has 1 amide bonds. The first kappa shape index (κ1) is 35.5. The lowest BCUT2D eigenvalue weighted by molar-refractivity contribution is -0.136. The molecule has 1 aliphatic carbocycles. The number of amides is 1. The van der Waals surface area contributed by atoms with Crippen LogP contribution in [0.2, 0.25) is 0 Å². The molecule has 6 N–H and O–H groups in total. The Hall–Kier alpha value is -4.31. The fourth-order valence-electron chi connectivity index (χ4n) is 7.17. The van der Waals surface area contributed by atoms with Gasteiger partial charge in [-0.25, -0.2) is 0 Å². The van der Waals surface area contributed by atoms with Crippen LogP contribution >= 0.6 is 11.8 Å². The van der Waals surface area contributed by atoms with Crippen LogP contribution in [0.4, 0.5) is 11.4 Å². The number of carbonyl (C=O) groups excluding carboxylic acids is 1. The molecule has 0 radical (unpaired) electrons. The molecule has 8 nitrogen and oxygen atoms in total. The van der Waals surface area contributed by atoms with E-state index >= 15 is 0 Å². The fourth-order valence-corrected chi connectivity index (χ4v) is 8.40. The summed E-state index contributed by atoms with van der Waals surface area (Å²) < 4.78 is 6.22. The average molecular weight is 693 g/mol. The summed E-state index contributed by atoms with van der Waals surface area (Å²) in [6, 6.07) is 21.5. The number of rotatable bonds is 12. The molecule has 2 atom stereocenters. The lowest BCUT2D eigenvalue weighted by atomic mass is 9.75. The molecule has 0 saturated heterocycles. The Balaban J connectivity index is 1.17. The molecular formula is C41H48N4O4S. The number of carboxylic acid groups (broad SMARTS) is 1. The minimum absolute atomic E-state index is 0.00629. The quantitative estimate of drug-likeness (QED) is 0.150. The van der Waals surface area contributed by atoms with Gasteiger partial charge < -0.3 is 31.5 Å². The van der Waals surface area contributed by atoms with E-state index < -0.39 is 23.1 Å². The number of hydrogen-bond acceptors (Lipinski definition) is 7. The zero-order valence-electron chi connectivity index (χ0n) is 29.4. The first-order chi connectivity index (χ1) is 23.9. The Morgan fingerprint density at radius 2 is 1.84 bits per heavy atom. The third kappa shape index (κ3) is 7.26. The highest BCUT2D eigenvalue weighted by Crippen LogP contribution is 2.51. The predicted molar refractivity (Wildman–Crippen MR) is 203 cm³/mol. The van der Waals surface area contributed by atoms with Crippen molar-refractivity contribution in [1.29, 1.82) is 0 Å². The van der Waals surface area contributed by atoms with E-state index in [-0.39, 0.29) is 12.3 Å². The number of nitrogens with one attached hydrogen (secondary N) is 1. The van der Waals surface area contributed by atoms with Gasteiger partial charge in [-0.3, -0.25) is 9.59 Å². The molecule has 50 heavy (non-hydrogen) atoms. The van der Waals surface area contributed by atoms with Gasteiger partial charge in [0.1, 0.15) is 18.0 Å². The summed E-state index contributed by atoms with van der Waals surface area (Å²) in [5.41, 5.74) is 19.6. The van der Waals surface area contributed by atoms with Crippen molar-refractivity contribution in [3.8, 4) is 5.75 Å². The zero-order chi connectivity index (χ0) is 35.6. The maximum Gasteiger partial charge on any atom is 0.305 e. The second-order valence-electron chi connectivity index (χ2n) is 14.5. The predicted octanol–water partition coefficient (Wildman–Crippen LogP) is 7.99. The summed E-state index contributed by atoms with van der Waals surface area (Å²) in [5.74, 6) is 0.128. The van der Waals surface area contributed by atoms with Crippen LogP contribution in [0.3, 0.4) is 0 Å². The van der Waals surface area contributed by atoms with Crippen molar-refractivity contribution in [3.05, 3.63) is 112 Å². The van der Waals surface area contributed by atoms with E-state index in [9.17, 15) is 14.7 Å². The van der Waals surface area contributed by atoms with E-state index in [4.69, 9.17) is 16.2 Å². The van der Waals surface area contributed by atoms with Crippen molar-refractivity contribution in [2.75, 3.05) is 16.8 Å². The molecule has 0 spiro atoms. The second-order valence-corrected chi connectivity index (χ2v) is 15.5. The summed E-state index contributed by atoms with van der Waals surface area (Å²) in [7, 11) is 0. The highest BCUT2D eigenvalue weighted by molar-refractivity contribution is 8.03. The monoisotopic (exact) mass is 692 g/mol. The molecule has 0 saturated carbocycles. The van der Waals surface area contributed by atoms with Crippen LogP contribution in [0.15, 0.2) is 99.8 Å². The van der Waals surface area contributed by atoms with Crippen molar-refractivity contribution in [1.82, 2.24) is 0 Å². The maximum atomic E-state index is 12.4. The molecule has 6 rings (SSSR count). The van der Waals surface area contributed by atoms with Crippen molar-refractivity contribution < 1.29 is 19.4 Å². The Kier molecular flexibility index (Phi) is 10.3. The summed E-state index contributed by atoms with van der Waals surface area (Å²) in [5, 5.41) is 12.4. The first-order valence-electron chi connectivity index (χ1n) is 17.5. The number of nitrogens with zero attached hydrogens (tertiary/aromatic N) is 1. The SMILES string of the molecule is CC(C)CC(N)C(=O)Nc1ccc(COc2ccc3c(c2)SC2=C(C=CC4(N)N(CCC(=O)O)c5ccccc5C4(C)C)CCCC2=C3)cc1. The third-order valence-corrected chi connectivity index (χ3v) is 11.4. The van der Waals surface area contributed by atoms with Crippen LogP contribution in [0, 0.1) is 5.92 Å².